The standard InChI is InChI=1S/C17H27N3O3/c1-11-7-9-17(10-8-11,16(22)23)18-15(21)6-5-14-12(2)19-20(4)13(14)3/h11H,5-10H2,1-4H3,(H,18,21)(H,22,23). The van der Waals surface area contributed by atoms with Gasteiger partial charge in [-0.3, -0.25) is 9.48 Å². The number of aryl methyl sites for hydroxylation is 2. The zero-order valence-corrected chi connectivity index (χ0v) is 14.5. The summed E-state index contributed by atoms with van der Waals surface area (Å²) in [5.41, 5.74) is 1.97. The van der Waals surface area contributed by atoms with Crippen LogP contribution in [0.3, 0.4) is 0 Å². The largest absolute Gasteiger partial charge is 0.480 e. The summed E-state index contributed by atoms with van der Waals surface area (Å²) in [6.45, 7) is 6.04. The summed E-state index contributed by atoms with van der Waals surface area (Å²) in [6, 6.07) is 0. The van der Waals surface area contributed by atoms with Crippen LogP contribution in [-0.2, 0) is 23.1 Å². The molecule has 0 saturated heterocycles. The lowest BCUT2D eigenvalue weighted by Gasteiger charge is -2.36. The Labute approximate surface area is 137 Å². The Kier molecular flexibility index (Phi) is 5.12. The number of hydrogen-bond acceptors (Lipinski definition) is 3. The van der Waals surface area contributed by atoms with Crippen LogP contribution in [0.1, 0.15) is 56.0 Å². The molecule has 1 saturated carbocycles. The number of amides is 1. The van der Waals surface area contributed by atoms with Gasteiger partial charge >= 0.3 is 5.97 Å². The average Bonchev–Trinajstić information content (AvgIpc) is 2.72. The number of carbonyl (C=O) groups is 2. The van der Waals surface area contributed by atoms with Gasteiger partial charge in [0.05, 0.1) is 5.69 Å². The minimum Gasteiger partial charge on any atom is -0.480 e. The van der Waals surface area contributed by atoms with Gasteiger partial charge in [-0.25, -0.2) is 4.79 Å². The van der Waals surface area contributed by atoms with E-state index in [9.17, 15) is 14.7 Å². The lowest BCUT2D eigenvalue weighted by atomic mass is 9.77. The highest BCUT2D eigenvalue weighted by Gasteiger charge is 2.42. The molecule has 0 radical (unpaired) electrons. The second kappa shape index (κ2) is 6.72. The molecule has 0 aromatic carbocycles. The summed E-state index contributed by atoms with van der Waals surface area (Å²) >= 11 is 0. The molecule has 0 unspecified atom stereocenters. The Bertz CT molecular complexity index is 598. The second-order valence-electron chi connectivity index (χ2n) is 6.89. The third-order valence-corrected chi connectivity index (χ3v) is 5.18. The molecule has 0 spiro atoms. The Morgan fingerprint density at radius 2 is 1.96 bits per heavy atom. The van der Waals surface area contributed by atoms with Crippen molar-refractivity contribution in [2.45, 2.75) is 64.8 Å². The lowest BCUT2D eigenvalue weighted by Crippen LogP contribution is -2.56. The first-order valence-corrected chi connectivity index (χ1v) is 8.28. The average molecular weight is 321 g/mol. The van der Waals surface area contributed by atoms with E-state index in [1.165, 1.54) is 0 Å². The number of carboxylic acid groups (broad SMARTS) is 1. The normalized spacial score (nSPS) is 24.4. The molecule has 1 aromatic heterocycles. The third-order valence-electron chi connectivity index (χ3n) is 5.18. The van der Waals surface area contributed by atoms with Crippen LogP contribution in [0.15, 0.2) is 0 Å². The minimum absolute atomic E-state index is 0.190. The molecular formula is C17H27N3O3. The van der Waals surface area contributed by atoms with Crippen molar-refractivity contribution in [3.8, 4) is 0 Å². The van der Waals surface area contributed by atoms with Gasteiger partial charge < -0.3 is 10.4 Å². The predicted octanol–water partition coefficient (Wildman–Crippen LogP) is 2.12. The van der Waals surface area contributed by atoms with Gasteiger partial charge in [0.15, 0.2) is 0 Å². The first-order valence-electron chi connectivity index (χ1n) is 8.28. The van der Waals surface area contributed by atoms with E-state index < -0.39 is 11.5 Å². The lowest BCUT2D eigenvalue weighted by molar-refractivity contribution is -0.149. The Balaban J connectivity index is 1.99. The third kappa shape index (κ3) is 3.74. The highest BCUT2D eigenvalue weighted by molar-refractivity contribution is 5.87. The zero-order valence-electron chi connectivity index (χ0n) is 14.5. The molecule has 1 aliphatic rings. The summed E-state index contributed by atoms with van der Waals surface area (Å²) in [4.78, 5) is 24.0. The fourth-order valence-corrected chi connectivity index (χ4v) is 3.39. The van der Waals surface area contributed by atoms with Gasteiger partial charge in [0.1, 0.15) is 5.54 Å². The van der Waals surface area contributed by atoms with Crippen LogP contribution in [-0.4, -0.2) is 32.3 Å². The number of nitrogens with zero attached hydrogens (tertiary/aromatic N) is 2. The maximum absolute atomic E-state index is 12.3. The van der Waals surface area contributed by atoms with Crippen molar-refractivity contribution in [1.29, 1.82) is 0 Å². The van der Waals surface area contributed by atoms with E-state index in [4.69, 9.17) is 0 Å². The first-order chi connectivity index (χ1) is 10.7. The van der Waals surface area contributed by atoms with Crippen LogP contribution in [0, 0.1) is 19.8 Å². The molecule has 1 heterocycles. The smallest absolute Gasteiger partial charge is 0.329 e. The Morgan fingerprint density at radius 1 is 1.35 bits per heavy atom. The van der Waals surface area contributed by atoms with Crippen molar-refractivity contribution in [3.63, 3.8) is 0 Å². The van der Waals surface area contributed by atoms with Crippen LogP contribution in [0.2, 0.25) is 0 Å². The predicted molar refractivity (Wildman–Crippen MR) is 87.1 cm³/mol. The molecule has 0 atom stereocenters. The quantitative estimate of drug-likeness (QED) is 0.870. The van der Waals surface area contributed by atoms with E-state index >= 15 is 0 Å². The number of carbonyl (C=O) groups excluding carboxylic acids is 1. The van der Waals surface area contributed by atoms with Crippen LogP contribution in [0.5, 0.6) is 0 Å². The highest BCUT2D eigenvalue weighted by atomic mass is 16.4. The van der Waals surface area contributed by atoms with Gasteiger partial charge in [-0.1, -0.05) is 6.92 Å². The zero-order chi connectivity index (χ0) is 17.2. The number of carboxylic acids is 1. The molecule has 1 aromatic rings. The van der Waals surface area contributed by atoms with Gasteiger partial charge in [0, 0.05) is 19.2 Å². The SMILES string of the molecule is Cc1nn(C)c(C)c1CCC(=O)NC1(C(=O)O)CCC(C)CC1. The molecule has 1 fully saturated rings. The van der Waals surface area contributed by atoms with Gasteiger partial charge in [-0.2, -0.15) is 5.10 Å². The summed E-state index contributed by atoms with van der Waals surface area (Å²) in [5, 5.41) is 16.7. The monoisotopic (exact) mass is 321 g/mol. The molecule has 6 nitrogen and oxygen atoms in total. The van der Waals surface area contributed by atoms with E-state index in [1.54, 1.807) is 0 Å². The molecular weight excluding hydrogens is 294 g/mol. The van der Waals surface area contributed by atoms with Crippen molar-refractivity contribution < 1.29 is 14.7 Å². The molecule has 6 heteroatoms. The van der Waals surface area contributed by atoms with Crippen LogP contribution >= 0.6 is 0 Å². The van der Waals surface area contributed by atoms with Crippen molar-refractivity contribution in [3.05, 3.63) is 17.0 Å². The molecule has 0 bridgehead atoms. The van der Waals surface area contributed by atoms with Gasteiger partial charge in [0.2, 0.25) is 5.91 Å². The van der Waals surface area contributed by atoms with Gasteiger partial charge in [-0.05, 0) is 57.4 Å². The highest BCUT2D eigenvalue weighted by Crippen LogP contribution is 2.32. The molecule has 0 aliphatic heterocycles. The van der Waals surface area contributed by atoms with Crippen molar-refractivity contribution >= 4 is 11.9 Å². The Morgan fingerprint density at radius 3 is 2.43 bits per heavy atom. The van der Waals surface area contributed by atoms with Crippen LogP contribution < -0.4 is 5.32 Å². The molecule has 2 rings (SSSR count). The molecule has 1 aliphatic carbocycles. The maximum atomic E-state index is 12.3. The van der Waals surface area contributed by atoms with Crippen LogP contribution in [0.25, 0.3) is 0 Å². The summed E-state index contributed by atoms with van der Waals surface area (Å²) in [7, 11) is 1.88. The number of aromatic nitrogens is 2. The fourth-order valence-electron chi connectivity index (χ4n) is 3.39. The van der Waals surface area contributed by atoms with Gasteiger partial charge in [0.25, 0.3) is 0 Å². The fraction of sp³-hybridized carbons (Fsp3) is 0.706. The second-order valence-corrected chi connectivity index (χ2v) is 6.89. The minimum atomic E-state index is -1.08. The van der Waals surface area contributed by atoms with E-state index in [1.807, 2.05) is 25.6 Å². The Hall–Kier alpha value is -1.85. The number of nitrogens with one attached hydrogen (secondary N) is 1. The molecule has 128 valence electrons. The number of rotatable bonds is 5. The molecule has 2 N–H and O–H groups in total. The topological polar surface area (TPSA) is 84.2 Å². The first kappa shape index (κ1) is 17.5. The van der Waals surface area contributed by atoms with Crippen molar-refractivity contribution in [2.24, 2.45) is 13.0 Å². The molecule has 1 amide bonds. The number of aliphatic carboxylic acids is 1. The van der Waals surface area contributed by atoms with Gasteiger partial charge in [-0.15, -0.1) is 0 Å². The maximum Gasteiger partial charge on any atom is 0.329 e. The summed E-state index contributed by atoms with van der Waals surface area (Å²) in [5.74, 6) is -0.573. The number of hydrogen-bond donors (Lipinski definition) is 2. The summed E-state index contributed by atoms with van der Waals surface area (Å²) < 4.78 is 1.81. The summed E-state index contributed by atoms with van der Waals surface area (Å²) in [6.07, 6.45) is 3.59. The molecule has 23 heavy (non-hydrogen) atoms. The van der Waals surface area contributed by atoms with E-state index in [2.05, 4.69) is 17.3 Å². The van der Waals surface area contributed by atoms with Crippen molar-refractivity contribution in [2.75, 3.05) is 0 Å². The van der Waals surface area contributed by atoms with Crippen molar-refractivity contribution in [1.82, 2.24) is 15.1 Å². The van der Waals surface area contributed by atoms with E-state index in [0.29, 0.717) is 25.2 Å². The van der Waals surface area contributed by atoms with E-state index in [-0.39, 0.29) is 12.3 Å². The van der Waals surface area contributed by atoms with E-state index in [0.717, 1.165) is 29.8 Å². The van der Waals surface area contributed by atoms with Crippen LogP contribution in [0.4, 0.5) is 0 Å².